The number of aromatic nitrogens is 1. The largest absolute Gasteiger partial charge is 0.478 e. The number of hydrogen-bond donors (Lipinski definition) is 1. The maximum Gasteiger partial charge on any atom is 0.328 e. The van der Waals surface area contributed by atoms with Crippen LogP contribution in [0.5, 0.6) is 0 Å². The Bertz CT molecular complexity index is 559. The molecule has 5 heteroatoms. The lowest BCUT2D eigenvalue weighted by Crippen LogP contribution is -2.43. The van der Waals surface area contributed by atoms with Gasteiger partial charge in [-0.25, -0.2) is 4.79 Å². The van der Waals surface area contributed by atoms with Crippen LogP contribution in [-0.4, -0.2) is 40.0 Å². The summed E-state index contributed by atoms with van der Waals surface area (Å²) >= 11 is 0. The van der Waals surface area contributed by atoms with E-state index in [-0.39, 0.29) is 23.1 Å². The van der Waals surface area contributed by atoms with E-state index in [9.17, 15) is 9.59 Å². The number of nitrogens with zero attached hydrogens (tertiary/aromatic N) is 2. The van der Waals surface area contributed by atoms with Gasteiger partial charge >= 0.3 is 5.97 Å². The van der Waals surface area contributed by atoms with Gasteiger partial charge in [-0.3, -0.25) is 9.78 Å². The number of pyridine rings is 1. The zero-order valence-corrected chi connectivity index (χ0v) is 13.1. The molecule has 1 N–H and O–H groups in total. The monoisotopic (exact) mass is 290 g/mol. The van der Waals surface area contributed by atoms with Crippen molar-refractivity contribution in [3.8, 4) is 0 Å². The molecule has 21 heavy (non-hydrogen) atoms. The van der Waals surface area contributed by atoms with Crippen molar-refractivity contribution >= 4 is 18.0 Å². The van der Waals surface area contributed by atoms with E-state index in [1.54, 1.807) is 24.1 Å². The molecule has 5 nitrogen and oxygen atoms in total. The number of carbonyl (C=O) groups is 2. The van der Waals surface area contributed by atoms with Crippen LogP contribution in [0.3, 0.4) is 0 Å². The highest BCUT2D eigenvalue weighted by molar-refractivity contribution is 5.97. The first-order chi connectivity index (χ1) is 9.64. The van der Waals surface area contributed by atoms with Crippen molar-refractivity contribution in [2.24, 2.45) is 5.41 Å². The van der Waals surface area contributed by atoms with E-state index in [4.69, 9.17) is 5.11 Å². The average Bonchev–Trinajstić information content (AvgIpc) is 2.42. The topological polar surface area (TPSA) is 70.5 Å². The number of rotatable bonds is 4. The second-order valence-corrected chi connectivity index (χ2v) is 6.07. The van der Waals surface area contributed by atoms with Crippen molar-refractivity contribution in [1.29, 1.82) is 0 Å². The molecule has 0 saturated carbocycles. The normalized spacial score (nSPS) is 13.2. The molecule has 0 fully saturated rings. The lowest BCUT2D eigenvalue weighted by atomic mass is 9.87. The summed E-state index contributed by atoms with van der Waals surface area (Å²) in [6, 6.07) is 3.36. The third-order valence-corrected chi connectivity index (χ3v) is 3.60. The highest BCUT2D eigenvalue weighted by atomic mass is 16.4. The third kappa shape index (κ3) is 4.41. The molecule has 1 aromatic heterocycles. The molecule has 1 heterocycles. The van der Waals surface area contributed by atoms with Crippen LogP contribution in [0, 0.1) is 5.41 Å². The summed E-state index contributed by atoms with van der Waals surface area (Å²) in [5.41, 5.74) is 0.697. The number of carboxylic acids is 1. The molecule has 0 aliphatic carbocycles. The van der Waals surface area contributed by atoms with E-state index in [0.29, 0.717) is 5.56 Å². The lowest BCUT2D eigenvalue weighted by molar-refractivity contribution is -0.131. The fourth-order valence-corrected chi connectivity index (χ4v) is 1.82. The highest BCUT2D eigenvalue weighted by Gasteiger charge is 2.28. The van der Waals surface area contributed by atoms with E-state index in [1.165, 1.54) is 12.3 Å². The summed E-state index contributed by atoms with van der Waals surface area (Å²) in [6.45, 7) is 8.16. The van der Waals surface area contributed by atoms with Gasteiger partial charge in [0.15, 0.2) is 0 Å². The second kappa shape index (κ2) is 6.52. The lowest BCUT2D eigenvalue weighted by Gasteiger charge is -2.35. The van der Waals surface area contributed by atoms with E-state index in [1.807, 2.05) is 6.92 Å². The van der Waals surface area contributed by atoms with Gasteiger partial charge in [-0.2, -0.15) is 0 Å². The van der Waals surface area contributed by atoms with Crippen LogP contribution in [0.15, 0.2) is 24.4 Å². The van der Waals surface area contributed by atoms with Crippen LogP contribution in [0.25, 0.3) is 6.08 Å². The number of aliphatic carboxylic acids is 1. The van der Waals surface area contributed by atoms with Crippen molar-refractivity contribution in [2.75, 3.05) is 7.05 Å². The van der Waals surface area contributed by atoms with Crippen molar-refractivity contribution in [3.05, 3.63) is 35.7 Å². The SMILES string of the molecule is CC(N(C)C(=O)c1ncccc1/C=C/C(=O)O)C(C)(C)C. The van der Waals surface area contributed by atoms with E-state index in [2.05, 4.69) is 25.8 Å². The van der Waals surface area contributed by atoms with Gasteiger partial charge in [0.1, 0.15) is 5.69 Å². The summed E-state index contributed by atoms with van der Waals surface area (Å²) in [7, 11) is 1.73. The molecule has 1 aromatic rings. The van der Waals surface area contributed by atoms with Crippen molar-refractivity contribution < 1.29 is 14.7 Å². The predicted octanol–water partition coefficient (Wildman–Crippen LogP) is 2.69. The van der Waals surface area contributed by atoms with Crippen molar-refractivity contribution in [2.45, 2.75) is 33.7 Å². The Morgan fingerprint density at radius 3 is 2.52 bits per heavy atom. The number of carbonyl (C=O) groups excluding carboxylic acids is 1. The Labute approximate surface area is 125 Å². The average molecular weight is 290 g/mol. The Balaban J connectivity index is 3.11. The number of carboxylic acid groups (broad SMARTS) is 1. The molecular weight excluding hydrogens is 268 g/mol. The summed E-state index contributed by atoms with van der Waals surface area (Å²) < 4.78 is 0. The minimum atomic E-state index is -1.06. The maximum absolute atomic E-state index is 12.6. The molecule has 0 bridgehead atoms. The van der Waals surface area contributed by atoms with Crippen LogP contribution in [0.1, 0.15) is 43.7 Å². The smallest absolute Gasteiger partial charge is 0.328 e. The molecule has 0 aliphatic heterocycles. The molecule has 0 saturated heterocycles. The first kappa shape index (κ1) is 16.9. The quantitative estimate of drug-likeness (QED) is 0.865. The first-order valence-corrected chi connectivity index (χ1v) is 6.77. The van der Waals surface area contributed by atoms with E-state index in [0.717, 1.165) is 6.08 Å². The molecule has 0 aliphatic rings. The molecule has 1 rings (SSSR count). The molecule has 1 unspecified atom stereocenters. The highest BCUT2D eigenvalue weighted by Crippen LogP contribution is 2.24. The first-order valence-electron chi connectivity index (χ1n) is 6.77. The summed E-state index contributed by atoms with van der Waals surface area (Å²) in [4.78, 5) is 29.0. The van der Waals surface area contributed by atoms with Gasteiger partial charge in [-0.05, 0) is 24.5 Å². The molecule has 114 valence electrons. The number of hydrogen-bond acceptors (Lipinski definition) is 3. The van der Waals surface area contributed by atoms with Gasteiger partial charge in [-0.1, -0.05) is 26.8 Å². The van der Waals surface area contributed by atoms with Gasteiger partial charge in [0.25, 0.3) is 5.91 Å². The standard InChI is InChI=1S/C16H22N2O3/c1-11(16(2,3)4)18(5)15(21)14-12(7-6-10-17-14)8-9-13(19)20/h6-11H,1-5H3,(H,19,20)/b9-8+. The fraction of sp³-hybridized carbons (Fsp3) is 0.438. The minimum absolute atomic E-state index is 0.0170. The predicted molar refractivity (Wildman–Crippen MR) is 81.9 cm³/mol. The maximum atomic E-state index is 12.6. The summed E-state index contributed by atoms with van der Waals surface area (Å²) in [5, 5.41) is 8.71. The van der Waals surface area contributed by atoms with Crippen LogP contribution < -0.4 is 0 Å². The Morgan fingerprint density at radius 1 is 1.38 bits per heavy atom. The summed E-state index contributed by atoms with van der Waals surface area (Å²) in [5.74, 6) is -1.28. The van der Waals surface area contributed by atoms with Gasteiger partial charge in [0.05, 0.1) is 0 Å². The van der Waals surface area contributed by atoms with Crippen molar-refractivity contribution in [3.63, 3.8) is 0 Å². The molecule has 1 atom stereocenters. The number of amides is 1. The van der Waals surface area contributed by atoms with Crippen LogP contribution >= 0.6 is 0 Å². The molecule has 0 radical (unpaired) electrons. The Kier molecular flexibility index (Phi) is 5.24. The molecular formula is C16H22N2O3. The molecule has 0 aromatic carbocycles. The zero-order chi connectivity index (χ0) is 16.2. The van der Waals surface area contributed by atoms with E-state index < -0.39 is 5.97 Å². The van der Waals surface area contributed by atoms with Crippen LogP contribution in [0.2, 0.25) is 0 Å². The van der Waals surface area contributed by atoms with E-state index >= 15 is 0 Å². The fourth-order valence-electron chi connectivity index (χ4n) is 1.82. The van der Waals surface area contributed by atoms with Crippen LogP contribution in [-0.2, 0) is 4.79 Å². The third-order valence-electron chi connectivity index (χ3n) is 3.60. The zero-order valence-electron chi connectivity index (χ0n) is 13.1. The molecule has 1 amide bonds. The summed E-state index contributed by atoms with van der Waals surface area (Å²) in [6.07, 6.45) is 3.92. The van der Waals surface area contributed by atoms with Gasteiger partial charge in [-0.15, -0.1) is 0 Å². The van der Waals surface area contributed by atoms with Gasteiger partial charge < -0.3 is 10.0 Å². The second-order valence-electron chi connectivity index (χ2n) is 6.07. The Morgan fingerprint density at radius 2 is 2.00 bits per heavy atom. The van der Waals surface area contributed by atoms with Gasteiger partial charge in [0.2, 0.25) is 0 Å². The molecule has 0 spiro atoms. The van der Waals surface area contributed by atoms with Crippen molar-refractivity contribution in [1.82, 2.24) is 9.88 Å². The van der Waals surface area contributed by atoms with Crippen LogP contribution in [0.4, 0.5) is 0 Å². The Hall–Kier alpha value is -2.17. The van der Waals surface area contributed by atoms with Gasteiger partial charge in [0, 0.05) is 30.9 Å². The minimum Gasteiger partial charge on any atom is -0.478 e.